The van der Waals surface area contributed by atoms with Crippen molar-refractivity contribution in [3.63, 3.8) is 0 Å². The number of amides is 2. The van der Waals surface area contributed by atoms with Crippen LogP contribution in [0.3, 0.4) is 0 Å². The number of aromatic amines is 1. The lowest BCUT2D eigenvalue weighted by Gasteiger charge is -2.12. The Labute approximate surface area is 222 Å². The molecule has 4 N–H and O–H groups in total. The van der Waals surface area contributed by atoms with E-state index in [2.05, 4.69) is 20.5 Å². The molecule has 0 radical (unpaired) electrons. The number of nitrogens with two attached hydrogens (primary N) is 1. The van der Waals surface area contributed by atoms with E-state index in [1.165, 1.54) is 16.8 Å². The van der Waals surface area contributed by atoms with Crippen LogP contribution < -0.4 is 16.6 Å². The first-order valence-corrected chi connectivity index (χ1v) is 12.2. The first-order valence-electron chi connectivity index (χ1n) is 11.8. The van der Waals surface area contributed by atoms with E-state index in [1.807, 2.05) is 12.1 Å². The smallest absolute Gasteiger partial charge is 0.253 e. The van der Waals surface area contributed by atoms with Gasteiger partial charge in [-0.1, -0.05) is 29.8 Å². The van der Waals surface area contributed by atoms with Crippen LogP contribution in [0.1, 0.15) is 43.1 Å². The molecule has 0 atom stereocenters. The van der Waals surface area contributed by atoms with Crippen LogP contribution >= 0.6 is 11.6 Å². The molecular weight excluding hydrogens is 504 g/mol. The third-order valence-corrected chi connectivity index (χ3v) is 6.40. The number of halogens is 1. The van der Waals surface area contributed by atoms with Gasteiger partial charge in [-0.2, -0.15) is 5.10 Å². The molecule has 0 aliphatic rings. The summed E-state index contributed by atoms with van der Waals surface area (Å²) in [7, 11) is 0. The minimum Gasteiger partial charge on any atom is -0.366 e. The highest BCUT2D eigenvalue weighted by molar-refractivity contribution is 6.31. The number of pyridine rings is 2. The zero-order valence-electron chi connectivity index (χ0n) is 20.1. The minimum atomic E-state index is -0.579. The fourth-order valence-corrected chi connectivity index (χ4v) is 4.43. The summed E-state index contributed by atoms with van der Waals surface area (Å²) in [6.07, 6.45) is 5.25. The maximum Gasteiger partial charge on any atom is 0.253 e. The summed E-state index contributed by atoms with van der Waals surface area (Å²) < 4.78 is 1.51. The fourth-order valence-electron chi connectivity index (χ4n) is 4.26. The summed E-state index contributed by atoms with van der Waals surface area (Å²) in [5.74, 6) is -0.872. The number of hydrogen-bond donors (Lipinski definition) is 3. The van der Waals surface area contributed by atoms with Crippen molar-refractivity contribution < 1.29 is 9.59 Å². The van der Waals surface area contributed by atoms with Crippen LogP contribution in [0.2, 0.25) is 5.02 Å². The molecule has 0 fully saturated rings. The number of primary amides is 1. The molecular formula is C28H23ClN6O3. The number of fused-ring (bicyclic) bond motifs is 1. The predicted molar refractivity (Wildman–Crippen MR) is 144 cm³/mol. The predicted octanol–water partition coefficient (Wildman–Crippen LogP) is 3.44. The molecule has 0 aliphatic heterocycles. The normalized spacial score (nSPS) is 11.0. The number of nitrogens with one attached hydrogen (secondary N) is 2. The van der Waals surface area contributed by atoms with Gasteiger partial charge < -0.3 is 15.6 Å². The summed E-state index contributed by atoms with van der Waals surface area (Å²) in [6.45, 7) is 0.449. The largest absolute Gasteiger partial charge is 0.366 e. The van der Waals surface area contributed by atoms with Crippen molar-refractivity contribution in [2.24, 2.45) is 5.73 Å². The van der Waals surface area contributed by atoms with E-state index in [0.29, 0.717) is 33.8 Å². The third-order valence-electron chi connectivity index (χ3n) is 6.16. The summed E-state index contributed by atoms with van der Waals surface area (Å²) in [5, 5.41) is 11.5. The lowest BCUT2D eigenvalue weighted by molar-refractivity contribution is 0.0949. The molecule has 2 aromatic carbocycles. The van der Waals surface area contributed by atoms with Crippen molar-refractivity contribution in [2.45, 2.75) is 19.5 Å². The molecule has 2 amide bonds. The Kier molecular flexibility index (Phi) is 7.01. The van der Waals surface area contributed by atoms with E-state index in [9.17, 15) is 14.4 Å². The van der Waals surface area contributed by atoms with Crippen LogP contribution in [0.15, 0.2) is 84.0 Å². The molecule has 0 aliphatic carbocycles. The standard InChI is InChI=1S/C28H23ClN6O3/c29-21-6-7-24-23(12-21)25(34-33-24)15-32-28(38)20-10-18(13-31-14-20)9-17-4-5-19(22(11-17)27(30)37)16-35-8-2-1-3-26(35)36/h1-8,10-14H,9,15-16H2,(H2,30,37)(H,32,38)(H,33,34). The third kappa shape index (κ3) is 5.47. The Morgan fingerprint density at radius 1 is 1.03 bits per heavy atom. The molecule has 0 saturated heterocycles. The van der Waals surface area contributed by atoms with Gasteiger partial charge in [0, 0.05) is 40.6 Å². The van der Waals surface area contributed by atoms with Crippen molar-refractivity contribution in [2.75, 3.05) is 0 Å². The Morgan fingerprint density at radius 3 is 2.71 bits per heavy atom. The van der Waals surface area contributed by atoms with Gasteiger partial charge in [-0.15, -0.1) is 0 Å². The molecule has 3 heterocycles. The van der Waals surface area contributed by atoms with E-state index >= 15 is 0 Å². The quantitative estimate of drug-likeness (QED) is 0.284. The zero-order valence-corrected chi connectivity index (χ0v) is 20.9. The highest BCUT2D eigenvalue weighted by Gasteiger charge is 2.13. The molecule has 5 aromatic rings. The van der Waals surface area contributed by atoms with E-state index < -0.39 is 5.91 Å². The van der Waals surface area contributed by atoms with Gasteiger partial charge in [0.25, 0.3) is 11.5 Å². The van der Waals surface area contributed by atoms with Crippen molar-refractivity contribution >= 4 is 34.3 Å². The molecule has 38 heavy (non-hydrogen) atoms. The first-order chi connectivity index (χ1) is 18.4. The van der Waals surface area contributed by atoms with Gasteiger partial charge in [0.1, 0.15) is 0 Å². The van der Waals surface area contributed by atoms with Crippen molar-refractivity contribution in [1.82, 2.24) is 25.1 Å². The maximum atomic E-state index is 12.8. The van der Waals surface area contributed by atoms with Gasteiger partial charge in [0.05, 0.1) is 29.9 Å². The van der Waals surface area contributed by atoms with Crippen LogP contribution in [0.4, 0.5) is 0 Å². The lowest BCUT2D eigenvalue weighted by Crippen LogP contribution is -2.23. The first kappa shape index (κ1) is 24.9. The summed E-state index contributed by atoms with van der Waals surface area (Å²) in [5.41, 5.74) is 9.98. The Hall–Kier alpha value is -4.76. The lowest BCUT2D eigenvalue weighted by atomic mass is 9.98. The summed E-state index contributed by atoms with van der Waals surface area (Å²) >= 11 is 6.09. The highest BCUT2D eigenvalue weighted by atomic mass is 35.5. The molecule has 10 heteroatoms. The monoisotopic (exact) mass is 526 g/mol. The van der Waals surface area contributed by atoms with Crippen LogP contribution in [0.25, 0.3) is 10.9 Å². The average molecular weight is 527 g/mol. The topological polar surface area (TPSA) is 136 Å². The minimum absolute atomic E-state index is 0.169. The summed E-state index contributed by atoms with van der Waals surface area (Å²) in [4.78, 5) is 41.3. The molecule has 190 valence electrons. The van der Waals surface area contributed by atoms with Gasteiger partial charge in [0.15, 0.2) is 0 Å². The van der Waals surface area contributed by atoms with Crippen molar-refractivity contribution in [3.8, 4) is 0 Å². The Bertz CT molecular complexity index is 1730. The second kappa shape index (κ2) is 10.7. The number of H-pyrrole nitrogens is 1. The molecule has 0 spiro atoms. The Balaban J connectivity index is 1.30. The van der Waals surface area contributed by atoms with Crippen molar-refractivity contribution in [1.29, 1.82) is 0 Å². The van der Waals surface area contributed by atoms with Gasteiger partial charge in [-0.3, -0.25) is 24.5 Å². The maximum absolute atomic E-state index is 12.8. The number of carbonyl (C=O) groups excluding carboxylic acids is 2. The summed E-state index contributed by atoms with van der Waals surface area (Å²) in [6, 6.07) is 17.4. The van der Waals surface area contributed by atoms with E-state index in [-0.39, 0.29) is 24.6 Å². The number of hydrogen-bond acceptors (Lipinski definition) is 5. The van der Waals surface area contributed by atoms with E-state index in [4.69, 9.17) is 17.3 Å². The van der Waals surface area contributed by atoms with Gasteiger partial charge >= 0.3 is 0 Å². The zero-order chi connectivity index (χ0) is 26.6. The second-order valence-corrected chi connectivity index (χ2v) is 9.26. The van der Waals surface area contributed by atoms with E-state index in [1.54, 1.807) is 54.9 Å². The van der Waals surface area contributed by atoms with Gasteiger partial charge in [-0.25, -0.2) is 0 Å². The van der Waals surface area contributed by atoms with Crippen LogP contribution in [-0.4, -0.2) is 31.6 Å². The average Bonchev–Trinajstić information content (AvgIpc) is 3.31. The molecule has 0 saturated carbocycles. The SMILES string of the molecule is NC(=O)c1cc(Cc2cncc(C(=O)NCc3n[nH]c4ccc(Cl)cc34)c2)ccc1Cn1ccccc1=O. The molecule has 5 rings (SSSR count). The van der Waals surface area contributed by atoms with E-state index in [0.717, 1.165) is 22.0 Å². The number of aromatic nitrogens is 4. The number of nitrogens with zero attached hydrogens (tertiary/aromatic N) is 3. The molecule has 0 unspecified atom stereocenters. The Morgan fingerprint density at radius 2 is 1.89 bits per heavy atom. The van der Waals surface area contributed by atoms with Crippen LogP contribution in [0.5, 0.6) is 0 Å². The van der Waals surface area contributed by atoms with Gasteiger partial charge in [0.2, 0.25) is 5.91 Å². The van der Waals surface area contributed by atoms with Crippen LogP contribution in [0, 0.1) is 0 Å². The van der Waals surface area contributed by atoms with Crippen molar-refractivity contribution in [3.05, 3.63) is 128 Å². The highest BCUT2D eigenvalue weighted by Crippen LogP contribution is 2.21. The number of rotatable bonds is 8. The van der Waals surface area contributed by atoms with Crippen LogP contribution in [-0.2, 0) is 19.5 Å². The molecule has 0 bridgehead atoms. The second-order valence-electron chi connectivity index (χ2n) is 8.82. The number of benzene rings is 2. The van der Waals surface area contributed by atoms with Gasteiger partial charge in [-0.05, 0) is 59.5 Å². The fraction of sp³-hybridized carbons (Fsp3) is 0.107. The molecule has 9 nitrogen and oxygen atoms in total. The molecule has 3 aromatic heterocycles. The number of carbonyl (C=O) groups is 2.